The molecule has 0 bridgehead atoms. The largest absolute Gasteiger partial charge is 0.494 e. The first-order valence-electron chi connectivity index (χ1n) is 8.57. The van der Waals surface area contributed by atoms with E-state index in [0.717, 1.165) is 34.6 Å². The Morgan fingerprint density at radius 1 is 1.35 bits per heavy atom. The van der Waals surface area contributed by atoms with E-state index < -0.39 is 0 Å². The molecular formula is C20H25ClN2O3. The second-order valence-electron chi connectivity index (χ2n) is 6.39. The Labute approximate surface area is 160 Å². The minimum atomic E-state index is -0.151. The summed E-state index contributed by atoms with van der Waals surface area (Å²) in [5, 5.41) is 2.95. The van der Waals surface area contributed by atoms with Crippen molar-refractivity contribution in [2.24, 2.45) is 0 Å². The van der Waals surface area contributed by atoms with Crippen molar-refractivity contribution >= 4 is 24.0 Å². The standard InChI is InChI=1S/C20H24N2O3.ClH/c1-4-24-18-8-14-7-13(3)25-19(14)9-15(18)11-22-20(23)17-10-16(21)6-5-12(17)2;/h5-6,8-10,13H,4,7,11,21H2,1-3H3,(H,22,23);1H. The monoisotopic (exact) mass is 376 g/mol. The maximum Gasteiger partial charge on any atom is 0.251 e. The van der Waals surface area contributed by atoms with Crippen LogP contribution in [-0.2, 0) is 13.0 Å². The molecule has 0 radical (unpaired) electrons. The summed E-state index contributed by atoms with van der Waals surface area (Å²) in [6.45, 7) is 6.83. The van der Waals surface area contributed by atoms with Gasteiger partial charge in [0.15, 0.2) is 0 Å². The number of nitrogens with two attached hydrogens (primary N) is 1. The molecular weight excluding hydrogens is 352 g/mol. The van der Waals surface area contributed by atoms with Gasteiger partial charge in [0.2, 0.25) is 0 Å². The summed E-state index contributed by atoms with van der Waals surface area (Å²) in [6, 6.07) is 9.33. The molecule has 26 heavy (non-hydrogen) atoms. The van der Waals surface area contributed by atoms with Crippen LogP contribution in [-0.4, -0.2) is 18.6 Å². The minimum Gasteiger partial charge on any atom is -0.494 e. The Hall–Kier alpha value is -2.40. The lowest BCUT2D eigenvalue weighted by atomic mass is 10.1. The van der Waals surface area contributed by atoms with Crippen LogP contribution >= 0.6 is 12.4 Å². The van der Waals surface area contributed by atoms with Gasteiger partial charge in [0.25, 0.3) is 5.91 Å². The van der Waals surface area contributed by atoms with E-state index in [4.69, 9.17) is 15.2 Å². The number of hydrogen-bond acceptors (Lipinski definition) is 4. The van der Waals surface area contributed by atoms with Gasteiger partial charge >= 0.3 is 0 Å². The molecule has 5 nitrogen and oxygen atoms in total. The molecule has 1 aliphatic heterocycles. The first-order chi connectivity index (χ1) is 12.0. The van der Waals surface area contributed by atoms with Crippen LogP contribution < -0.4 is 20.5 Å². The SMILES string of the molecule is CCOc1cc2c(cc1CNC(=O)c1cc(N)ccc1C)OC(C)C2.Cl. The van der Waals surface area contributed by atoms with E-state index >= 15 is 0 Å². The van der Waals surface area contributed by atoms with Crippen LogP contribution in [0.25, 0.3) is 0 Å². The summed E-state index contributed by atoms with van der Waals surface area (Å²) < 4.78 is 11.6. The van der Waals surface area contributed by atoms with Crippen LogP contribution in [0.1, 0.15) is 40.9 Å². The zero-order valence-electron chi connectivity index (χ0n) is 15.3. The van der Waals surface area contributed by atoms with Crippen molar-refractivity contribution in [2.75, 3.05) is 12.3 Å². The number of nitrogens with one attached hydrogen (secondary N) is 1. The summed E-state index contributed by atoms with van der Waals surface area (Å²) in [5.41, 5.74) is 9.91. The molecule has 1 aliphatic rings. The Bertz CT molecular complexity index is 808. The van der Waals surface area contributed by atoms with Crippen LogP contribution in [0, 0.1) is 6.92 Å². The Morgan fingerprint density at radius 2 is 2.12 bits per heavy atom. The maximum atomic E-state index is 12.5. The first kappa shape index (κ1) is 19.9. The number of carbonyl (C=O) groups is 1. The zero-order chi connectivity index (χ0) is 18.0. The number of amides is 1. The number of rotatable bonds is 5. The van der Waals surface area contributed by atoms with Gasteiger partial charge in [0.1, 0.15) is 17.6 Å². The number of carbonyl (C=O) groups excluding carboxylic acids is 1. The molecule has 2 aromatic rings. The van der Waals surface area contributed by atoms with E-state index in [1.165, 1.54) is 0 Å². The topological polar surface area (TPSA) is 73.6 Å². The van der Waals surface area contributed by atoms with Crippen molar-refractivity contribution in [3.8, 4) is 11.5 Å². The lowest BCUT2D eigenvalue weighted by molar-refractivity contribution is 0.0950. The molecule has 2 aromatic carbocycles. The maximum absolute atomic E-state index is 12.5. The normalized spacial score (nSPS) is 14.8. The van der Waals surface area contributed by atoms with Gasteiger partial charge in [-0.05, 0) is 50.6 Å². The first-order valence-corrected chi connectivity index (χ1v) is 8.57. The summed E-state index contributed by atoms with van der Waals surface area (Å²) in [6.07, 6.45) is 1.05. The van der Waals surface area contributed by atoms with E-state index in [0.29, 0.717) is 24.4 Å². The zero-order valence-corrected chi connectivity index (χ0v) is 16.1. The summed E-state index contributed by atoms with van der Waals surface area (Å²) in [4.78, 5) is 12.5. The van der Waals surface area contributed by atoms with E-state index in [1.54, 1.807) is 12.1 Å². The van der Waals surface area contributed by atoms with Crippen molar-refractivity contribution in [1.29, 1.82) is 0 Å². The lowest BCUT2D eigenvalue weighted by Gasteiger charge is -2.14. The van der Waals surface area contributed by atoms with E-state index in [2.05, 4.69) is 5.32 Å². The smallest absolute Gasteiger partial charge is 0.251 e. The Balaban J connectivity index is 0.00000243. The molecule has 1 unspecified atom stereocenters. The molecule has 0 aliphatic carbocycles. The molecule has 140 valence electrons. The average molecular weight is 377 g/mol. The van der Waals surface area contributed by atoms with Gasteiger partial charge in [-0.15, -0.1) is 12.4 Å². The van der Waals surface area contributed by atoms with Gasteiger partial charge in [-0.25, -0.2) is 0 Å². The summed E-state index contributed by atoms with van der Waals surface area (Å²) >= 11 is 0. The lowest BCUT2D eigenvalue weighted by Crippen LogP contribution is -2.24. The number of ether oxygens (including phenoxy) is 2. The Kier molecular flexibility index (Phi) is 6.37. The highest BCUT2D eigenvalue weighted by atomic mass is 35.5. The summed E-state index contributed by atoms with van der Waals surface area (Å²) in [7, 11) is 0. The van der Waals surface area contributed by atoms with Crippen molar-refractivity contribution in [3.05, 3.63) is 52.6 Å². The van der Waals surface area contributed by atoms with Crippen molar-refractivity contribution in [3.63, 3.8) is 0 Å². The molecule has 3 rings (SSSR count). The van der Waals surface area contributed by atoms with Crippen molar-refractivity contribution < 1.29 is 14.3 Å². The number of nitrogen functional groups attached to an aromatic ring is 1. The van der Waals surface area contributed by atoms with E-state index in [-0.39, 0.29) is 24.4 Å². The van der Waals surface area contributed by atoms with Gasteiger partial charge < -0.3 is 20.5 Å². The van der Waals surface area contributed by atoms with Gasteiger partial charge in [-0.2, -0.15) is 0 Å². The van der Waals surface area contributed by atoms with Crippen molar-refractivity contribution in [1.82, 2.24) is 5.32 Å². The number of aryl methyl sites for hydroxylation is 1. The number of anilines is 1. The number of benzene rings is 2. The van der Waals surface area contributed by atoms with Crippen LogP contribution in [0.15, 0.2) is 30.3 Å². The molecule has 1 heterocycles. The highest BCUT2D eigenvalue weighted by molar-refractivity contribution is 5.96. The third-order valence-electron chi connectivity index (χ3n) is 4.32. The minimum absolute atomic E-state index is 0. The quantitative estimate of drug-likeness (QED) is 0.781. The van der Waals surface area contributed by atoms with Gasteiger partial charge in [-0.1, -0.05) is 6.07 Å². The molecule has 0 saturated carbocycles. The molecule has 3 N–H and O–H groups in total. The molecule has 1 atom stereocenters. The van der Waals surface area contributed by atoms with Crippen LogP contribution in [0.3, 0.4) is 0 Å². The fourth-order valence-corrected chi connectivity index (χ4v) is 3.06. The number of hydrogen-bond donors (Lipinski definition) is 2. The fraction of sp³-hybridized carbons (Fsp3) is 0.350. The van der Waals surface area contributed by atoms with Crippen molar-refractivity contribution in [2.45, 2.75) is 39.8 Å². The van der Waals surface area contributed by atoms with E-state index in [9.17, 15) is 4.79 Å². The number of fused-ring (bicyclic) bond motifs is 1. The van der Waals surface area contributed by atoms with Gasteiger partial charge in [0, 0.05) is 35.3 Å². The van der Waals surface area contributed by atoms with Crippen LogP contribution in [0.2, 0.25) is 0 Å². The molecule has 0 fully saturated rings. The highest BCUT2D eigenvalue weighted by Gasteiger charge is 2.22. The molecule has 0 aromatic heterocycles. The van der Waals surface area contributed by atoms with Crippen LogP contribution in [0.5, 0.6) is 11.5 Å². The van der Waals surface area contributed by atoms with Gasteiger partial charge in [0.05, 0.1) is 6.61 Å². The third-order valence-corrected chi connectivity index (χ3v) is 4.32. The molecule has 1 amide bonds. The molecule has 6 heteroatoms. The highest BCUT2D eigenvalue weighted by Crippen LogP contribution is 2.35. The molecule has 0 spiro atoms. The predicted molar refractivity (Wildman–Crippen MR) is 105 cm³/mol. The van der Waals surface area contributed by atoms with E-state index in [1.807, 2.05) is 39.0 Å². The second-order valence-corrected chi connectivity index (χ2v) is 6.39. The average Bonchev–Trinajstić information content (AvgIpc) is 2.93. The van der Waals surface area contributed by atoms with Gasteiger partial charge in [-0.3, -0.25) is 4.79 Å². The number of halogens is 1. The molecule has 0 saturated heterocycles. The fourth-order valence-electron chi connectivity index (χ4n) is 3.06. The van der Waals surface area contributed by atoms with Crippen LogP contribution in [0.4, 0.5) is 5.69 Å². The Morgan fingerprint density at radius 3 is 2.85 bits per heavy atom. The third kappa shape index (κ3) is 4.22. The second kappa shape index (κ2) is 8.32. The summed E-state index contributed by atoms with van der Waals surface area (Å²) in [5.74, 6) is 1.52. The predicted octanol–water partition coefficient (Wildman–Crippen LogP) is 3.65.